The maximum absolute atomic E-state index is 5.34. The zero-order valence-electron chi connectivity index (χ0n) is 14.0. The Labute approximate surface area is 129 Å². The Bertz CT molecular complexity index is 445. The summed E-state index contributed by atoms with van der Waals surface area (Å²) < 4.78 is 5.34. The van der Waals surface area contributed by atoms with Crippen LogP contribution in [0, 0.1) is 0 Å². The van der Waals surface area contributed by atoms with E-state index in [1.165, 1.54) is 36.9 Å². The molecule has 1 aromatic carbocycles. The fraction of sp³-hybridized carbons (Fsp3) is 0.667. The minimum absolute atomic E-state index is 0.619. The molecule has 1 aromatic rings. The summed E-state index contributed by atoms with van der Waals surface area (Å²) in [7, 11) is 3.94. The van der Waals surface area contributed by atoms with Crippen molar-refractivity contribution >= 4 is 0 Å². The van der Waals surface area contributed by atoms with Crippen LogP contribution in [-0.2, 0) is 12.8 Å². The summed E-state index contributed by atoms with van der Waals surface area (Å²) in [6.45, 7) is 6.78. The number of hydrogen-bond acceptors (Lipinski definition) is 3. The molecule has 0 heterocycles. The molecule has 1 aliphatic rings. The summed E-state index contributed by atoms with van der Waals surface area (Å²) in [6.07, 6.45) is 4.78. The predicted molar refractivity (Wildman–Crippen MR) is 89.2 cm³/mol. The molecular weight excluding hydrogens is 260 g/mol. The van der Waals surface area contributed by atoms with Gasteiger partial charge in [0.05, 0.1) is 7.11 Å². The topological polar surface area (TPSA) is 24.5 Å². The van der Waals surface area contributed by atoms with Crippen molar-refractivity contribution in [3.8, 4) is 5.75 Å². The maximum atomic E-state index is 5.34. The molecule has 1 N–H and O–H groups in total. The van der Waals surface area contributed by atoms with Gasteiger partial charge >= 0.3 is 0 Å². The van der Waals surface area contributed by atoms with Gasteiger partial charge in [-0.2, -0.15) is 0 Å². The molecule has 0 aromatic heterocycles. The molecule has 2 rings (SSSR count). The van der Waals surface area contributed by atoms with E-state index in [1.807, 2.05) is 0 Å². The van der Waals surface area contributed by atoms with Gasteiger partial charge < -0.3 is 15.0 Å². The molecular formula is C18H30N2O. The molecule has 0 saturated carbocycles. The zero-order valence-corrected chi connectivity index (χ0v) is 14.0. The minimum atomic E-state index is 0.619. The summed E-state index contributed by atoms with van der Waals surface area (Å²) in [4.78, 5) is 2.41. The highest BCUT2D eigenvalue weighted by Gasteiger charge is 2.18. The SMILES string of the molecule is COc1ccc2c(c1)CC(NCCCN(C)C(C)C)CC2. The third-order valence-corrected chi connectivity index (χ3v) is 4.64. The first-order chi connectivity index (χ1) is 10.1. The molecule has 1 unspecified atom stereocenters. The third kappa shape index (κ3) is 4.72. The van der Waals surface area contributed by atoms with E-state index in [9.17, 15) is 0 Å². The van der Waals surface area contributed by atoms with Crippen LogP contribution in [0.1, 0.15) is 37.8 Å². The Hall–Kier alpha value is -1.06. The van der Waals surface area contributed by atoms with Gasteiger partial charge in [0, 0.05) is 12.1 Å². The van der Waals surface area contributed by atoms with Gasteiger partial charge in [-0.15, -0.1) is 0 Å². The first-order valence-electron chi connectivity index (χ1n) is 8.19. The van der Waals surface area contributed by atoms with Gasteiger partial charge in [0.2, 0.25) is 0 Å². The summed E-state index contributed by atoms with van der Waals surface area (Å²) in [6, 6.07) is 7.76. The molecule has 0 aliphatic heterocycles. The normalized spacial score (nSPS) is 18.1. The number of fused-ring (bicyclic) bond motifs is 1. The van der Waals surface area contributed by atoms with E-state index in [0.717, 1.165) is 18.7 Å². The summed E-state index contributed by atoms with van der Waals surface area (Å²) in [5.74, 6) is 0.980. The third-order valence-electron chi connectivity index (χ3n) is 4.64. The Morgan fingerprint density at radius 1 is 1.33 bits per heavy atom. The van der Waals surface area contributed by atoms with Gasteiger partial charge in [-0.3, -0.25) is 0 Å². The fourth-order valence-electron chi connectivity index (χ4n) is 2.93. The van der Waals surface area contributed by atoms with E-state index in [4.69, 9.17) is 4.74 Å². The van der Waals surface area contributed by atoms with Crippen molar-refractivity contribution in [3.63, 3.8) is 0 Å². The van der Waals surface area contributed by atoms with Crippen LogP contribution in [0.15, 0.2) is 18.2 Å². The fourth-order valence-corrected chi connectivity index (χ4v) is 2.93. The lowest BCUT2D eigenvalue weighted by atomic mass is 9.88. The molecule has 0 fully saturated rings. The smallest absolute Gasteiger partial charge is 0.119 e. The zero-order chi connectivity index (χ0) is 15.2. The first kappa shape index (κ1) is 16.3. The Balaban J connectivity index is 1.76. The van der Waals surface area contributed by atoms with Gasteiger partial charge in [0.1, 0.15) is 5.75 Å². The van der Waals surface area contributed by atoms with Crippen molar-refractivity contribution in [2.45, 2.75) is 51.6 Å². The van der Waals surface area contributed by atoms with Gasteiger partial charge in [-0.05, 0) is 82.9 Å². The van der Waals surface area contributed by atoms with E-state index in [-0.39, 0.29) is 0 Å². The molecule has 3 heteroatoms. The lowest BCUT2D eigenvalue weighted by molar-refractivity contribution is 0.267. The molecule has 3 nitrogen and oxygen atoms in total. The van der Waals surface area contributed by atoms with E-state index >= 15 is 0 Å². The molecule has 0 amide bonds. The highest BCUT2D eigenvalue weighted by Crippen LogP contribution is 2.25. The summed E-state index contributed by atoms with van der Waals surface area (Å²) >= 11 is 0. The van der Waals surface area contributed by atoms with Crippen LogP contribution in [-0.4, -0.2) is 44.2 Å². The van der Waals surface area contributed by atoms with Crippen molar-refractivity contribution in [2.24, 2.45) is 0 Å². The van der Waals surface area contributed by atoms with E-state index in [1.54, 1.807) is 7.11 Å². The molecule has 1 aliphatic carbocycles. The van der Waals surface area contributed by atoms with Crippen molar-refractivity contribution in [2.75, 3.05) is 27.2 Å². The second-order valence-corrected chi connectivity index (χ2v) is 6.46. The van der Waals surface area contributed by atoms with Crippen LogP contribution < -0.4 is 10.1 Å². The first-order valence-corrected chi connectivity index (χ1v) is 8.19. The van der Waals surface area contributed by atoms with Gasteiger partial charge in [-0.25, -0.2) is 0 Å². The van der Waals surface area contributed by atoms with Crippen LogP contribution >= 0.6 is 0 Å². The summed E-state index contributed by atoms with van der Waals surface area (Å²) in [5.41, 5.74) is 2.95. The molecule has 118 valence electrons. The molecule has 0 radical (unpaired) electrons. The van der Waals surface area contributed by atoms with Gasteiger partial charge in [0.15, 0.2) is 0 Å². The number of rotatable bonds is 7. The molecule has 0 bridgehead atoms. The van der Waals surface area contributed by atoms with Crippen LogP contribution in [0.3, 0.4) is 0 Å². The lowest BCUT2D eigenvalue weighted by Gasteiger charge is -2.27. The van der Waals surface area contributed by atoms with E-state index < -0.39 is 0 Å². The molecule has 1 atom stereocenters. The van der Waals surface area contributed by atoms with Crippen LogP contribution in [0.5, 0.6) is 5.75 Å². The molecule has 0 spiro atoms. The monoisotopic (exact) mass is 290 g/mol. The Morgan fingerprint density at radius 3 is 2.86 bits per heavy atom. The van der Waals surface area contributed by atoms with Gasteiger partial charge in [0.25, 0.3) is 0 Å². The number of benzene rings is 1. The van der Waals surface area contributed by atoms with Gasteiger partial charge in [-0.1, -0.05) is 6.07 Å². The highest BCUT2D eigenvalue weighted by atomic mass is 16.5. The number of hydrogen-bond donors (Lipinski definition) is 1. The number of ether oxygens (including phenoxy) is 1. The Kier molecular flexibility index (Phi) is 6.07. The lowest BCUT2D eigenvalue weighted by Crippen LogP contribution is -2.37. The minimum Gasteiger partial charge on any atom is -0.497 e. The van der Waals surface area contributed by atoms with Crippen molar-refractivity contribution < 1.29 is 4.74 Å². The van der Waals surface area contributed by atoms with Crippen molar-refractivity contribution in [1.29, 1.82) is 0 Å². The standard InChI is InChI=1S/C18H30N2O/c1-14(2)20(3)11-5-10-19-17-8-6-15-7-9-18(21-4)13-16(15)12-17/h7,9,13-14,17,19H,5-6,8,10-12H2,1-4H3. The number of nitrogens with zero attached hydrogens (tertiary/aromatic N) is 1. The van der Waals surface area contributed by atoms with E-state index in [0.29, 0.717) is 12.1 Å². The highest BCUT2D eigenvalue weighted by molar-refractivity contribution is 5.37. The van der Waals surface area contributed by atoms with E-state index in [2.05, 4.69) is 49.3 Å². The Morgan fingerprint density at radius 2 is 2.14 bits per heavy atom. The van der Waals surface area contributed by atoms with Crippen molar-refractivity contribution in [3.05, 3.63) is 29.3 Å². The quantitative estimate of drug-likeness (QED) is 0.782. The molecule has 0 saturated heterocycles. The van der Waals surface area contributed by atoms with Crippen LogP contribution in [0.25, 0.3) is 0 Å². The number of aryl methyl sites for hydroxylation is 1. The average molecular weight is 290 g/mol. The van der Waals surface area contributed by atoms with Crippen LogP contribution in [0.2, 0.25) is 0 Å². The second-order valence-electron chi connectivity index (χ2n) is 6.46. The summed E-state index contributed by atoms with van der Waals surface area (Å²) in [5, 5.41) is 3.73. The number of methoxy groups -OCH3 is 1. The largest absolute Gasteiger partial charge is 0.497 e. The predicted octanol–water partition coefficient (Wildman–Crippen LogP) is 2.87. The van der Waals surface area contributed by atoms with Crippen LogP contribution in [0.4, 0.5) is 0 Å². The molecule has 21 heavy (non-hydrogen) atoms. The van der Waals surface area contributed by atoms with Crippen molar-refractivity contribution in [1.82, 2.24) is 10.2 Å². The maximum Gasteiger partial charge on any atom is 0.119 e. The number of nitrogens with one attached hydrogen (secondary N) is 1. The second kappa shape index (κ2) is 7.81. The average Bonchev–Trinajstić information content (AvgIpc) is 2.50.